The monoisotopic (exact) mass is 450 g/mol. The van der Waals surface area contributed by atoms with E-state index in [2.05, 4.69) is 36.8 Å². The van der Waals surface area contributed by atoms with Gasteiger partial charge in [-0.2, -0.15) is 0 Å². The van der Waals surface area contributed by atoms with Crippen molar-refractivity contribution in [1.29, 1.82) is 0 Å². The quantitative estimate of drug-likeness (QED) is 0.237. The van der Waals surface area contributed by atoms with Crippen molar-refractivity contribution in [3.05, 3.63) is 120 Å². The van der Waals surface area contributed by atoms with Gasteiger partial charge in [-0.15, -0.1) is 0 Å². The van der Waals surface area contributed by atoms with Crippen LogP contribution in [0.3, 0.4) is 0 Å². The molecule has 0 atom stereocenters. The molecule has 0 bridgehead atoms. The Kier molecular flexibility index (Phi) is 7.79. The van der Waals surface area contributed by atoms with E-state index in [0.29, 0.717) is 28.2 Å². The lowest BCUT2D eigenvalue weighted by molar-refractivity contribution is -0.130. The van der Waals surface area contributed by atoms with E-state index in [9.17, 15) is 14.0 Å². The van der Waals surface area contributed by atoms with Gasteiger partial charge in [-0.05, 0) is 55.5 Å². The maximum atomic E-state index is 14.6. The van der Waals surface area contributed by atoms with Crippen molar-refractivity contribution in [3.63, 3.8) is 0 Å². The van der Waals surface area contributed by atoms with Gasteiger partial charge in [0.25, 0.3) is 0 Å². The number of halogens is 1. The molecule has 0 amide bonds. The van der Waals surface area contributed by atoms with E-state index in [1.54, 1.807) is 61.5 Å². The van der Waals surface area contributed by atoms with E-state index in [1.807, 2.05) is 0 Å². The molecule has 0 heterocycles. The van der Waals surface area contributed by atoms with Crippen LogP contribution in [0.25, 0.3) is 0 Å². The Balaban J connectivity index is 1.79. The summed E-state index contributed by atoms with van der Waals surface area (Å²) in [6.07, 6.45) is 1.06. The number of carbonyl (C=O) groups excluding carboxylic acids is 2. The first kappa shape index (κ1) is 23.8. The van der Waals surface area contributed by atoms with Crippen LogP contribution in [0.1, 0.15) is 29.2 Å². The van der Waals surface area contributed by atoms with Gasteiger partial charge in [0.05, 0.1) is 11.1 Å². The summed E-state index contributed by atoms with van der Waals surface area (Å²) >= 11 is 0. The van der Waals surface area contributed by atoms with Gasteiger partial charge in [-0.1, -0.05) is 55.0 Å². The lowest BCUT2D eigenvalue weighted by atomic mass is 10.1. The Bertz CT molecular complexity index is 1410. The van der Waals surface area contributed by atoms with Crippen molar-refractivity contribution < 1.29 is 23.5 Å². The van der Waals surface area contributed by atoms with Crippen molar-refractivity contribution >= 4 is 11.9 Å². The molecular formula is C29H19FO4. The predicted octanol–water partition coefficient (Wildman–Crippen LogP) is 5.20. The number of hydrogen-bond acceptors (Lipinski definition) is 4. The van der Waals surface area contributed by atoms with Crippen molar-refractivity contribution in [3.8, 4) is 35.2 Å². The molecule has 0 saturated carbocycles. The van der Waals surface area contributed by atoms with Crippen LogP contribution in [-0.2, 0) is 9.59 Å². The topological polar surface area (TPSA) is 52.6 Å². The molecule has 3 aromatic carbocycles. The number of rotatable bonds is 4. The van der Waals surface area contributed by atoms with Gasteiger partial charge in [0.1, 0.15) is 17.3 Å². The maximum Gasteiger partial charge on any atom is 0.338 e. The fourth-order valence-corrected chi connectivity index (χ4v) is 2.61. The number of esters is 2. The third-order valence-corrected chi connectivity index (χ3v) is 4.31. The van der Waals surface area contributed by atoms with Gasteiger partial charge in [-0.25, -0.2) is 14.0 Å². The van der Waals surface area contributed by atoms with Gasteiger partial charge >= 0.3 is 11.9 Å². The number of hydrogen-bond donors (Lipinski definition) is 0. The van der Waals surface area contributed by atoms with Gasteiger partial charge in [0.2, 0.25) is 0 Å². The summed E-state index contributed by atoms with van der Waals surface area (Å²) in [5, 5.41) is 0. The minimum atomic E-state index is -0.579. The second kappa shape index (κ2) is 11.1. The molecule has 0 spiro atoms. The predicted molar refractivity (Wildman–Crippen MR) is 128 cm³/mol. The smallest absolute Gasteiger partial charge is 0.338 e. The zero-order chi connectivity index (χ0) is 24.5. The molecule has 3 rings (SSSR count). The van der Waals surface area contributed by atoms with E-state index in [0.717, 1.165) is 6.08 Å². The summed E-state index contributed by atoms with van der Waals surface area (Å²) in [7, 11) is 0. The number of para-hydroxylation sites is 1. The molecule has 5 heteroatoms. The van der Waals surface area contributed by atoms with E-state index in [-0.39, 0.29) is 11.1 Å². The molecule has 0 aliphatic heterocycles. The van der Waals surface area contributed by atoms with Crippen molar-refractivity contribution in [2.75, 3.05) is 0 Å². The van der Waals surface area contributed by atoms with Crippen LogP contribution in [0.15, 0.2) is 91.5 Å². The Hall–Kier alpha value is -4.87. The average molecular weight is 450 g/mol. The van der Waals surface area contributed by atoms with Crippen LogP contribution in [0.4, 0.5) is 4.39 Å². The Morgan fingerprint density at radius 3 is 2.26 bits per heavy atom. The Morgan fingerprint density at radius 1 is 0.853 bits per heavy atom. The first-order valence-electron chi connectivity index (χ1n) is 10.1. The van der Waals surface area contributed by atoms with Crippen molar-refractivity contribution in [2.24, 2.45) is 0 Å². The van der Waals surface area contributed by atoms with Gasteiger partial charge in [0, 0.05) is 22.8 Å². The second-order valence-corrected chi connectivity index (χ2v) is 7.01. The maximum absolute atomic E-state index is 14.6. The molecule has 0 N–H and O–H groups in total. The summed E-state index contributed by atoms with van der Waals surface area (Å²) in [4.78, 5) is 23.1. The molecule has 166 valence electrons. The highest BCUT2D eigenvalue weighted by molar-refractivity contribution is 5.89. The molecule has 34 heavy (non-hydrogen) atoms. The summed E-state index contributed by atoms with van der Waals surface area (Å²) in [5.74, 6) is 10.3. The largest absolute Gasteiger partial charge is 0.423 e. The second-order valence-electron chi connectivity index (χ2n) is 7.01. The third kappa shape index (κ3) is 6.56. The fraction of sp³-hybridized carbons (Fsp3) is 0.0345. The van der Waals surface area contributed by atoms with Gasteiger partial charge in [-0.3, -0.25) is 0 Å². The highest BCUT2D eigenvalue weighted by atomic mass is 19.1. The van der Waals surface area contributed by atoms with Crippen LogP contribution in [-0.4, -0.2) is 11.9 Å². The highest BCUT2D eigenvalue weighted by Crippen LogP contribution is 2.18. The molecule has 3 aromatic rings. The Labute approximate surface area is 197 Å². The minimum Gasteiger partial charge on any atom is -0.423 e. The fourth-order valence-electron chi connectivity index (χ4n) is 2.61. The highest BCUT2D eigenvalue weighted by Gasteiger charge is 2.08. The summed E-state index contributed by atoms with van der Waals surface area (Å²) in [6.45, 7) is 8.46. The molecule has 0 aromatic heterocycles. The summed E-state index contributed by atoms with van der Waals surface area (Å²) < 4.78 is 24.9. The van der Waals surface area contributed by atoms with E-state index in [1.165, 1.54) is 12.1 Å². The molecule has 0 fully saturated rings. The summed E-state index contributed by atoms with van der Waals surface area (Å²) in [5.41, 5.74) is 1.93. The number of benzene rings is 3. The van der Waals surface area contributed by atoms with Crippen molar-refractivity contribution in [2.45, 2.75) is 6.92 Å². The SMILES string of the molecule is C=CC(=O)Oc1cccc(C#Cc2ccc(C#Cc3ccccc3OC(=O)C(=C)C)cc2F)c1. The van der Waals surface area contributed by atoms with E-state index < -0.39 is 17.8 Å². The zero-order valence-electron chi connectivity index (χ0n) is 18.4. The molecular weight excluding hydrogens is 431 g/mol. The lowest BCUT2D eigenvalue weighted by Gasteiger charge is -2.05. The number of carbonyl (C=O) groups is 2. The molecule has 0 radical (unpaired) electrons. The van der Waals surface area contributed by atoms with E-state index >= 15 is 0 Å². The average Bonchev–Trinajstić information content (AvgIpc) is 2.83. The van der Waals surface area contributed by atoms with Crippen LogP contribution in [0.5, 0.6) is 11.5 Å². The van der Waals surface area contributed by atoms with Gasteiger partial charge in [0.15, 0.2) is 0 Å². The first-order valence-corrected chi connectivity index (χ1v) is 10.1. The summed E-state index contributed by atoms with van der Waals surface area (Å²) in [6, 6.07) is 17.8. The first-order chi connectivity index (χ1) is 16.4. The van der Waals surface area contributed by atoms with Crippen LogP contribution >= 0.6 is 0 Å². The van der Waals surface area contributed by atoms with Crippen LogP contribution in [0, 0.1) is 29.5 Å². The standard InChI is InChI=1S/C29H19FO4/c1-4-28(31)33-25-10-7-8-21(18-25)12-15-23-16-13-22(19-26(23)30)14-17-24-9-5-6-11-27(24)34-29(32)20(2)3/h4-11,13,16,18-19H,1-2H2,3H3. The van der Waals surface area contributed by atoms with Gasteiger partial charge < -0.3 is 9.47 Å². The van der Waals surface area contributed by atoms with Crippen LogP contribution < -0.4 is 9.47 Å². The van der Waals surface area contributed by atoms with Crippen LogP contribution in [0.2, 0.25) is 0 Å². The van der Waals surface area contributed by atoms with Crippen molar-refractivity contribution in [1.82, 2.24) is 0 Å². The minimum absolute atomic E-state index is 0.190. The Morgan fingerprint density at radius 2 is 1.56 bits per heavy atom. The third-order valence-electron chi connectivity index (χ3n) is 4.31. The molecule has 0 aliphatic rings. The normalized spacial score (nSPS) is 9.47. The molecule has 4 nitrogen and oxygen atoms in total. The molecule has 0 aliphatic carbocycles. The lowest BCUT2D eigenvalue weighted by Crippen LogP contribution is -2.09. The molecule has 0 saturated heterocycles. The van der Waals surface area contributed by atoms with E-state index in [4.69, 9.17) is 9.47 Å². The molecule has 0 unspecified atom stereocenters. The zero-order valence-corrected chi connectivity index (χ0v) is 18.4. The number of ether oxygens (including phenoxy) is 2.